The molecule has 0 bridgehead atoms. The predicted molar refractivity (Wildman–Crippen MR) is 111 cm³/mol. The van der Waals surface area contributed by atoms with Gasteiger partial charge in [0.2, 0.25) is 11.8 Å². The van der Waals surface area contributed by atoms with E-state index < -0.39 is 5.25 Å². The molecule has 0 aliphatic carbocycles. The standard InChI is InChI=1S/C20H20FN5O2S/c1-14(29-11-19(27)24-17-8-6-16(21)7-9-17)20(28)25-18-5-3-2-4-15(18)10-26-13-22-12-23-26/h2-9,12-14H,10-11H2,1H3,(H,24,27)(H,25,28). The zero-order valence-corrected chi connectivity index (χ0v) is 16.5. The van der Waals surface area contributed by atoms with Gasteiger partial charge in [-0.3, -0.25) is 9.59 Å². The van der Waals surface area contributed by atoms with Gasteiger partial charge in [-0.15, -0.1) is 11.8 Å². The van der Waals surface area contributed by atoms with Crippen molar-refractivity contribution in [3.63, 3.8) is 0 Å². The normalized spacial score (nSPS) is 11.7. The molecule has 150 valence electrons. The average Bonchev–Trinajstić information content (AvgIpc) is 3.22. The molecule has 2 amide bonds. The number of para-hydroxylation sites is 1. The van der Waals surface area contributed by atoms with Crippen LogP contribution < -0.4 is 10.6 Å². The first-order chi connectivity index (χ1) is 14.0. The third kappa shape index (κ3) is 6.15. The number of thioether (sulfide) groups is 1. The van der Waals surface area contributed by atoms with E-state index in [4.69, 9.17) is 0 Å². The van der Waals surface area contributed by atoms with E-state index in [9.17, 15) is 14.0 Å². The maximum atomic E-state index is 12.9. The van der Waals surface area contributed by atoms with Crippen LogP contribution >= 0.6 is 11.8 Å². The van der Waals surface area contributed by atoms with E-state index in [2.05, 4.69) is 20.7 Å². The highest BCUT2D eigenvalue weighted by Crippen LogP contribution is 2.19. The van der Waals surface area contributed by atoms with Crippen molar-refractivity contribution in [2.45, 2.75) is 18.7 Å². The van der Waals surface area contributed by atoms with Crippen LogP contribution in [0, 0.1) is 5.82 Å². The monoisotopic (exact) mass is 413 g/mol. The van der Waals surface area contributed by atoms with Crippen molar-refractivity contribution in [1.82, 2.24) is 14.8 Å². The van der Waals surface area contributed by atoms with Gasteiger partial charge in [0.05, 0.1) is 17.5 Å². The lowest BCUT2D eigenvalue weighted by molar-refractivity contribution is -0.115. The third-order valence-electron chi connectivity index (χ3n) is 4.04. The number of carbonyl (C=O) groups excluding carboxylic acids is 2. The zero-order chi connectivity index (χ0) is 20.6. The van der Waals surface area contributed by atoms with Crippen molar-refractivity contribution < 1.29 is 14.0 Å². The fourth-order valence-electron chi connectivity index (χ4n) is 2.51. The molecule has 2 N–H and O–H groups in total. The molecule has 9 heteroatoms. The van der Waals surface area contributed by atoms with E-state index in [0.717, 1.165) is 5.56 Å². The van der Waals surface area contributed by atoms with Gasteiger partial charge in [0, 0.05) is 11.4 Å². The Morgan fingerprint density at radius 1 is 1.14 bits per heavy atom. The van der Waals surface area contributed by atoms with Gasteiger partial charge in [0.25, 0.3) is 0 Å². The van der Waals surface area contributed by atoms with Crippen molar-refractivity contribution in [2.24, 2.45) is 0 Å². The average molecular weight is 413 g/mol. The van der Waals surface area contributed by atoms with Crippen LogP contribution in [-0.4, -0.2) is 37.6 Å². The summed E-state index contributed by atoms with van der Waals surface area (Å²) in [6.45, 7) is 2.23. The molecule has 0 spiro atoms. The number of aromatic nitrogens is 3. The molecule has 1 atom stereocenters. The molecule has 7 nitrogen and oxygen atoms in total. The summed E-state index contributed by atoms with van der Waals surface area (Å²) < 4.78 is 14.6. The van der Waals surface area contributed by atoms with Crippen LogP contribution in [0.5, 0.6) is 0 Å². The van der Waals surface area contributed by atoms with Crippen LogP contribution in [0.25, 0.3) is 0 Å². The van der Waals surface area contributed by atoms with Crippen molar-refractivity contribution in [2.75, 3.05) is 16.4 Å². The van der Waals surface area contributed by atoms with E-state index in [0.29, 0.717) is 17.9 Å². The van der Waals surface area contributed by atoms with Gasteiger partial charge in [0.15, 0.2) is 0 Å². The molecule has 1 heterocycles. The number of nitrogens with zero attached hydrogens (tertiary/aromatic N) is 3. The largest absolute Gasteiger partial charge is 0.325 e. The maximum absolute atomic E-state index is 12.9. The number of anilines is 2. The molecule has 1 aromatic heterocycles. The number of benzene rings is 2. The Bertz CT molecular complexity index is 963. The SMILES string of the molecule is CC(SCC(=O)Nc1ccc(F)cc1)C(=O)Nc1ccccc1Cn1cncn1. The summed E-state index contributed by atoms with van der Waals surface area (Å²) in [7, 11) is 0. The molecule has 0 aliphatic heterocycles. The highest BCUT2D eigenvalue weighted by Gasteiger charge is 2.17. The molecule has 0 fully saturated rings. The minimum atomic E-state index is -0.437. The van der Waals surface area contributed by atoms with Crippen LogP contribution in [0.15, 0.2) is 61.2 Å². The quantitative estimate of drug-likeness (QED) is 0.592. The number of nitrogens with one attached hydrogen (secondary N) is 2. The summed E-state index contributed by atoms with van der Waals surface area (Å²) in [6.07, 6.45) is 3.06. The molecule has 3 aromatic rings. The van der Waals surface area contributed by atoms with Crippen molar-refractivity contribution in [3.05, 3.63) is 72.6 Å². The van der Waals surface area contributed by atoms with Gasteiger partial charge in [-0.1, -0.05) is 18.2 Å². The zero-order valence-electron chi connectivity index (χ0n) is 15.7. The summed E-state index contributed by atoms with van der Waals surface area (Å²) in [5.41, 5.74) is 2.10. The number of amides is 2. The van der Waals surface area contributed by atoms with E-state index in [1.54, 1.807) is 17.9 Å². The molecule has 0 saturated carbocycles. The Labute approximate surface area is 171 Å². The number of halogens is 1. The van der Waals surface area contributed by atoms with Gasteiger partial charge < -0.3 is 10.6 Å². The van der Waals surface area contributed by atoms with E-state index in [1.165, 1.54) is 42.4 Å². The van der Waals surface area contributed by atoms with Crippen LogP contribution in [0.2, 0.25) is 0 Å². The number of hydrogen-bond acceptors (Lipinski definition) is 5. The smallest absolute Gasteiger partial charge is 0.237 e. The first-order valence-electron chi connectivity index (χ1n) is 8.89. The minimum absolute atomic E-state index is 0.104. The second-order valence-corrected chi connectivity index (χ2v) is 7.58. The highest BCUT2D eigenvalue weighted by molar-refractivity contribution is 8.01. The summed E-state index contributed by atoms with van der Waals surface area (Å²) in [5.74, 6) is -0.720. The second-order valence-electron chi connectivity index (χ2n) is 6.25. The minimum Gasteiger partial charge on any atom is -0.325 e. The summed E-state index contributed by atoms with van der Waals surface area (Å²) in [4.78, 5) is 28.5. The molecule has 2 aromatic carbocycles. The van der Waals surface area contributed by atoms with Gasteiger partial charge in [-0.25, -0.2) is 14.1 Å². The summed E-state index contributed by atoms with van der Waals surface area (Å²) >= 11 is 1.22. The number of carbonyl (C=O) groups is 2. The fraction of sp³-hybridized carbons (Fsp3) is 0.200. The first kappa shape index (κ1) is 20.5. The van der Waals surface area contributed by atoms with Gasteiger partial charge >= 0.3 is 0 Å². The molecule has 3 rings (SSSR count). The predicted octanol–water partition coefficient (Wildman–Crippen LogP) is 3.16. The molecule has 0 saturated heterocycles. The van der Waals surface area contributed by atoms with Crippen LogP contribution in [0.1, 0.15) is 12.5 Å². The molecule has 0 aliphatic rings. The van der Waals surface area contributed by atoms with E-state index >= 15 is 0 Å². The Morgan fingerprint density at radius 2 is 1.90 bits per heavy atom. The molecular formula is C20H20FN5O2S. The Kier molecular flexibility index (Phi) is 6.96. The Balaban J connectivity index is 1.51. The highest BCUT2D eigenvalue weighted by atomic mass is 32.2. The van der Waals surface area contributed by atoms with Crippen LogP contribution in [0.3, 0.4) is 0 Å². The van der Waals surface area contributed by atoms with Crippen molar-refractivity contribution in [3.8, 4) is 0 Å². The van der Waals surface area contributed by atoms with E-state index in [1.807, 2.05) is 24.3 Å². The summed E-state index contributed by atoms with van der Waals surface area (Å²) in [6, 6.07) is 13.0. The van der Waals surface area contributed by atoms with Gasteiger partial charge in [0.1, 0.15) is 18.5 Å². The lowest BCUT2D eigenvalue weighted by atomic mass is 10.1. The van der Waals surface area contributed by atoms with Crippen molar-refractivity contribution >= 4 is 35.0 Å². The fourth-order valence-corrected chi connectivity index (χ4v) is 3.19. The molecular weight excluding hydrogens is 393 g/mol. The number of rotatable bonds is 8. The Hall–Kier alpha value is -3.20. The summed E-state index contributed by atoms with van der Waals surface area (Å²) in [5, 5.41) is 9.22. The topological polar surface area (TPSA) is 88.9 Å². The Morgan fingerprint density at radius 3 is 2.62 bits per heavy atom. The second kappa shape index (κ2) is 9.83. The molecule has 1 unspecified atom stereocenters. The molecule has 0 radical (unpaired) electrons. The lowest BCUT2D eigenvalue weighted by Gasteiger charge is -2.15. The van der Waals surface area contributed by atoms with Gasteiger partial charge in [-0.05, 0) is 42.8 Å². The first-order valence-corrected chi connectivity index (χ1v) is 9.94. The van der Waals surface area contributed by atoms with Crippen molar-refractivity contribution in [1.29, 1.82) is 0 Å². The van der Waals surface area contributed by atoms with Crippen LogP contribution in [-0.2, 0) is 16.1 Å². The lowest BCUT2D eigenvalue weighted by Crippen LogP contribution is -2.25. The third-order valence-corrected chi connectivity index (χ3v) is 5.18. The maximum Gasteiger partial charge on any atom is 0.237 e. The van der Waals surface area contributed by atoms with Crippen LogP contribution in [0.4, 0.5) is 15.8 Å². The van der Waals surface area contributed by atoms with E-state index in [-0.39, 0.29) is 23.4 Å². The molecule has 29 heavy (non-hydrogen) atoms. The van der Waals surface area contributed by atoms with Gasteiger partial charge in [-0.2, -0.15) is 5.10 Å². The number of hydrogen-bond donors (Lipinski definition) is 2.